The normalized spacial score (nSPS) is 13.8. The fourth-order valence-electron chi connectivity index (χ4n) is 5.23. The Kier molecular flexibility index (Phi) is 9.47. The second-order valence-electron chi connectivity index (χ2n) is 11.8. The average molecular weight is 606 g/mol. The first kappa shape index (κ1) is 31.3. The average Bonchev–Trinajstić information content (AvgIpc) is 3.44. The third-order valence-corrected chi connectivity index (χ3v) is 7.56. The van der Waals surface area contributed by atoms with Gasteiger partial charge in [0.05, 0.1) is 14.2 Å². The first-order chi connectivity index (χ1) is 21.7. The zero-order chi connectivity index (χ0) is 32.0. The summed E-state index contributed by atoms with van der Waals surface area (Å²) < 4.78 is 12.1. The second kappa shape index (κ2) is 13.6. The molecule has 2 N–H and O–H groups in total. The Balaban J connectivity index is 1.82. The number of hydrogen-bond acceptors (Lipinski definition) is 8. The maximum Gasteiger partial charge on any atom is 0.342 e. The number of allylic oxidation sites excluding steroid dienone is 2. The van der Waals surface area contributed by atoms with Gasteiger partial charge in [-0.1, -0.05) is 75.4 Å². The number of ether oxygens (including phenoxy) is 2. The van der Waals surface area contributed by atoms with Crippen LogP contribution in [0, 0.1) is 5.41 Å². The van der Waals surface area contributed by atoms with E-state index in [0.29, 0.717) is 28.6 Å². The molecule has 0 saturated carbocycles. The molecule has 0 saturated heterocycles. The highest BCUT2D eigenvalue weighted by Gasteiger charge is 2.33. The Morgan fingerprint density at radius 1 is 0.889 bits per heavy atom. The summed E-state index contributed by atoms with van der Waals surface area (Å²) in [7, 11) is 2.92. The zero-order valence-electron chi connectivity index (χ0n) is 26.4. The summed E-state index contributed by atoms with van der Waals surface area (Å²) in [5, 5.41) is 11.8. The summed E-state index contributed by atoms with van der Waals surface area (Å²) in [6.07, 6.45) is 7.76. The number of carbonyl (C=O) groups excluding carboxylic acids is 2. The molecule has 0 spiro atoms. The maximum atomic E-state index is 14.1. The number of nitrogens with one attached hydrogen (secondary N) is 2. The Morgan fingerprint density at radius 2 is 1.62 bits per heavy atom. The highest BCUT2D eigenvalue weighted by molar-refractivity contribution is 6.18. The number of aromatic nitrogens is 3. The van der Waals surface area contributed by atoms with E-state index in [-0.39, 0.29) is 17.3 Å². The summed E-state index contributed by atoms with van der Waals surface area (Å²) >= 11 is 0. The van der Waals surface area contributed by atoms with Gasteiger partial charge in [-0.05, 0) is 61.1 Å². The van der Waals surface area contributed by atoms with Gasteiger partial charge in [-0.25, -0.2) is 9.78 Å². The molecule has 4 aromatic rings. The summed E-state index contributed by atoms with van der Waals surface area (Å²) in [5.74, 6) is 1.08. The predicted octanol–water partition coefficient (Wildman–Crippen LogP) is 7.66. The summed E-state index contributed by atoms with van der Waals surface area (Å²) in [5.41, 5.74) is 3.51. The molecule has 45 heavy (non-hydrogen) atoms. The van der Waals surface area contributed by atoms with Gasteiger partial charge in [-0.3, -0.25) is 4.79 Å². The molecule has 2 aromatic carbocycles. The van der Waals surface area contributed by atoms with Crippen molar-refractivity contribution in [2.45, 2.75) is 46.5 Å². The van der Waals surface area contributed by atoms with Crippen molar-refractivity contribution in [3.63, 3.8) is 0 Å². The van der Waals surface area contributed by atoms with Crippen LogP contribution in [0.4, 0.5) is 11.6 Å². The number of hydrogen-bond donors (Lipinski definition) is 2. The van der Waals surface area contributed by atoms with Crippen molar-refractivity contribution in [3.05, 3.63) is 102 Å². The molecule has 0 atom stereocenters. The van der Waals surface area contributed by atoms with Gasteiger partial charge < -0.3 is 20.1 Å². The van der Waals surface area contributed by atoms with Crippen molar-refractivity contribution in [1.29, 1.82) is 0 Å². The van der Waals surface area contributed by atoms with Gasteiger partial charge in [0.1, 0.15) is 34.5 Å². The Bertz CT molecular complexity index is 1720. The lowest BCUT2D eigenvalue weighted by Gasteiger charge is -2.23. The van der Waals surface area contributed by atoms with Crippen LogP contribution in [0.3, 0.4) is 0 Å². The summed E-state index contributed by atoms with van der Waals surface area (Å²) in [4.78, 5) is 32.1. The van der Waals surface area contributed by atoms with Crippen LogP contribution in [0.1, 0.15) is 62.4 Å². The molecule has 1 aliphatic carbocycles. The Labute approximate surface area is 264 Å². The largest absolute Gasteiger partial charge is 0.497 e. The molecule has 0 aliphatic heterocycles. The van der Waals surface area contributed by atoms with Crippen LogP contribution in [0.15, 0.2) is 90.9 Å². The van der Waals surface area contributed by atoms with Crippen molar-refractivity contribution in [1.82, 2.24) is 14.8 Å². The third kappa shape index (κ3) is 6.98. The lowest BCUT2D eigenvalue weighted by molar-refractivity contribution is -0.133. The molecule has 0 radical (unpaired) electrons. The number of anilines is 2. The predicted molar refractivity (Wildman–Crippen MR) is 178 cm³/mol. The molecule has 0 unspecified atom stereocenters. The van der Waals surface area contributed by atoms with Crippen LogP contribution >= 0.6 is 0 Å². The number of pyridine rings is 1. The lowest BCUT2D eigenvalue weighted by Crippen LogP contribution is -2.30. The highest BCUT2D eigenvalue weighted by Crippen LogP contribution is 2.41. The van der Waals surface area contributed by atoms with Crippen LogP contribution in [0.2, 0.25) is 0 Å². The van der Waals surface area contributed by atoms with Crippen molar-refractivity contribution in [2.24, 2.45) is 5.41 Å². The van der Waals surface area contributed by atoms with Crippen molar-refractivity contribution >= 4 is 34.7 Å². The van der Waals surface area contributed by atoms with Crippen LogP contribution in [-0.2, 0) is 9.53 Å². The first-order valence-electron chi connectivity index (χ1n) is 15.1. The van der Waals surface area contributed by atoms with Crippen LogP contribution < -0.4 is 15.4 Å². The van der Waals surface area contributed by atoms with Crippen molar-refractivity contribution in [2.75, 3.05) is 24.9 Å². The number of methoxy groups -OCH3 is 2. The van der Waals surface area contributed by atoms with E-state index in [2.05, 4.69) is 21.7 Å². The van der Waals surface area contributed by atoms with Crippen LogP contribution in [0.25, 0.3) is 22.4 Å². The molecule has 0 bridgehead atoms. The summed E-state index contributed by atoms with van der Waals surface area (Å²) in [6.45, 7) is 5.59. The van der Waals surface area contributed by atoms with Gasteiger partial charge in [-0.2, -0.15) is 9.78 Å². The van der Waals surface area contributed by atoms with Gasteiger partial charge in [0.15, 0.2) is 0 Å². The van der Waals surface area contributed by atoms with Crippen LogP contribution in [-0.4, -0.2) is 40.9 Å². The molecule has 1 aliphatic rings. The van der Waals surface area contributed by atoms with Gasteiger partial charge in [0, 0.05) is 22.7 Å². The SMILES string of the molecule is COC(=O)/C(=C(/Nc1ccccn1)Nc1c(C2=CCCCC2)c(-c2ccccc2)nn1C(=O)C(C)(C)C)c1ccc(OC)cc1. The minimum Gasteiger partial charge on any atom is -0.497 e. The number of benzene rings is 2. The monoisotopic (exact) mass is 605 g/mol. The molecule has 5 rings (SSSR count). The number of esters is 1. The highest BCUT2D eigenvalue weighted by atomic mass is 16.5. The van der Waals surface area contributed by atoms with E-state index in [1.165, 1.54) is 11.8 Å². The molecular formula is C36H39N5O4. The second-order valence-corrected chi connectivity index (χ2v) is 11.8. The van der Waals surface area contributed by atoms with E-state index in [1.54, 1.807) is 43.6 Å². The standard InChI is InChI=1S/C36H39N5O4/c1-36(2,3)35(43)41-33(29(24-14-8-6-9-15-24)31(40-41)26-16-10-7-11-17-26)39-32(38-28-18-12-13-23-37-28)30(34(42)45-5)25-19-21-27(44-4)22-20-25/h7,10-14,16-23,39H,6,8-9,15H2,1-5H3,(H,37,38)/b32-30-. The minimum absolute atomic E-state index is 0.203. The minimum atomic E-state index is -0.756. The van der Waals surface area contributed by atoms with Gasteiger partial charge in [0.25, 0.3) is 5.91 Å². The molecule has 0 amide bonds. The fourth-order valence-corrected chi connectivity index (χ4v) is 5.23. The van der Waals surface area contributed by atoms with E-state index < -0.39 is 11.4 Å². The fraction of sp³-hybridized carbons (Fsp3) is 0.278. The molecule has 0 fully saturated rings. The molecular weight excluding hydrogens is 566 g/mol. The zero-order valence-corrected chi connectivity index (χ0v) is 26.4. The van der Waals surface area contributed by atoms with E-state index in [1.807, 2.05) is 63.2 Å². The number of carbonyl (C=O) groups is 2. The van der Waals surface area contributed by atoms with Gasteiger partial charge in [0.2, 0.25) is 0 Å². The molecule has 232 valence electrons. The van der Waals surface area contributed by atoms with Gasteiger partial charge >= 0.3 is 5.97 Å². The molecule has 2 heterocycles. The smallest absolute Gasteiger partial charge is 0.342 e. The number of rotatable bonds is 9. The van der Waals surface area contributed by atoms with E-state index in [9.17, 15) is 9.59 Å². The molecule has 2 aromatic heterocycles. The summed E-state index contributed by atoms with van der Waals surface area (Å²) in [6, 6.07) is 22.4. The maximum absolute atomic E-state index is 14.1. The Hall–Kier alpha value is -5.18. The molecule has 9 heteroatoms. The van der Waals surface area contributed by atoms with E-state index in [0.717, 1.165) is 42.4 Å². The van der Waals surface area contributed by atoms with E-state index in [4.69, 9.17) is 14.6 Å². The first-order valence-corrected chi connectivity index (χ1v) is 15.1. The van der Waals surface area contributed by atoms with Gasteiger partial charge in [-0.15, -0.1) is 0 Å². The molecule has 9 nitrogen and oxygen atoms in total. The lowest BCUT2D eigenvalue weighted by atomic mass is 9.91. The van der Waals surface area contributed by atoms with Crippen molar-refractivity contribution in [3.8, 4) is 17.0 Å². The van der Waals surface area contributed by atoms with E-state index >= 15 is 0 Å². The quantitative estimate of drug-likeness (QED) is 0.148. The topological polar surface area (TPSA) is 107 Å². The Morgan fingerprint density at radius 3 is 2.22 bits per heavy atom. The van der Waals surface area contributed by atoms with Crippen molar-refractivity contribution < 1.29 is 19.1 Å². The van der Waals surface area contributed by atoms with Crippen LogP contribution in [0.5, 0.6) is 5.75 Å². The third-order valence-electron chi connectivity index (χ3n) is 7.56. The number of nitrogens with zero attached hydrogens (tertiary/aromatic N) is 3.